The summed E-state index contributed by atoms with van der Waals surface area (Å²) in [6.45, 7) is 6.76. The van der Waals surface area contributed by atoms with Crippen LogP contribution in [-0.2, 0) is 17.7 Å². The number of para-hydroxylation sites is 1. The summed E-state index contributed by atoms with van der Waals surface area (Å²) in [5.74, 6) is 0. The molecule has 3 aromatic carbocycles. The van der Waals surface area contributed by atoms with Gasteiger partial charge in [0.2, 0.25) is 4.90 Å². The maximum atomic E-state index is 13.6. The van der Waals surface area contributed by atoms with E-state index in [0.717, 1.165) is 64.7 Å². The summed E-state index contributed by atoms with van der Waals surface area (Å²) in [6, 6.07) is 26.8. The molecule has 4 aromatic rings. The predicted octanol–water partition coefficient (Wildman–Crippen LogP) is 5.03. The van der Waals surface area contributed by atoms with Crippen molar-refractivity contribution in [3.8, 4) is 0 Å². The van der Waals surface area contributed by atoms with E-state index in [-0.39, 0.29) is 0 Å². The highest BCUT2D eigenvalue weighted by Gasteiger charge is 2.28. The lowest BCUT2D eigenvalue weighted by molar-refractivity contribution is 0.249. The minimum Gasteiger partial charge on any atom is -0.606 e. The Morgan fingerprint density at radius 1 is 0.844 bits per heavy atom. The van der Waals surface area contributed by atoms with Crippen LogP contribution in [0.1, 0.15) is 11.1 Å². The normalized spacial score (nSPS) is 15.8. The van der Waals surface area contributed by atoms with E-state index in [1.165, 1.54) is 5.56 Å². The standard InChI is InChI=1S/C27H27N3OS/c1-21-11-13-23(14-12-21)32(31)26-19-28-25-10-6-5-9-24(25)27(26)30-17-15-29(16-18-30)20-22-7-3-2-4-8-22/h2-14,19H,15-18,20H2,1H3. The Bertz CT molecular complexity index is 1190. The number of rotatable bonds is 5. The van der Waals surface area contributed by atoms with Gasteiger partial charge in [-0.3, -0.25) is 9.88 Å². The van der Waals surface area contributed by atoms with Crippen molar-refractivity contribution in [1.29, 1.82) is 0 Å². The van der Waals surface area contributed by atoms with E-state index in [1.54, 1.807) is 0 Å². The molecule has 0 radical (unpaired) electrons. The first-order chi connectivity index (χ1) is 15.7. The summed E-state index contributed by atoms with van der Waals surface area (Å²) >= 11 is -1.28. The molecule has 0 N–H and O–H groups in total. The molecule has 162 valence electrons. The highest BCUT2D eigenvalue weighted by Crippen LogP contribution is 2.36. The third kappa shape index (κ3) is 4.37. The van der Waals surface area contributed by atoms with Gasteiger partial charge in [-0.05, 0) is 30.7 Å². The van der Waals surface area contributed by atoms with Gasteiger partial charge in [0.05, 0.1) is 11.7 Å². The summed E-state index contributed by atoms with van der Waals surface area (Å²) < 4.78 is 13.6. The molecule has 1 saturated heterocycles. The number of hydrogen-bond acceptors (Lipinski definition) is 4. The summed E-state index contributed by atoms with van der Waals surface area (Å²) in [5, 5.41) is 1.07. The van der Waals surface area contributed by atoms with Gasteiger partial charge in [-0.15, -0.1) is 0 Å². The van der Waals surface area contributed by atoms with Crippen molar-refractivity contribution in [3.05, 3.63) is 96.2 Å². The van der Waals surface area contributed by atoms with E-state index in [1.807, 2.05) is 55.6 Å². The van der Waals surface area contributed by atoms with Gasteiger partial charge in [0.1, 0.15) is 5.69 Å². The zero-order valence-electron chi connectivity index (χ0n) is 18.3. The number of aromatic nitrogens is 1. The van der Waals surface area contributed by atoms with Crippen molar-refractivity contribution in [2.45, 2.75) is 23.3 Å². The van der Waals surface area contributed by atoms with Crippen molar-refractivity contribution in [2.75, 3.05) is 31.1 Å². The Morgan fingerprint density at radius 2 is 1.53 bits per heavy atom. The average molecular weight is 442 g/mol. The molecule has 0 bridgehead atoms. The Kier molecular flexibility index (Phi) is 6.12. The number of anilines is 1. The molecule has 1 aliphatic rings. The number of nitrogens with zero attached hydrogens (tertiary/aromatic N) is 3. The van der Waals surface area contributed by atoms with Crippen molar-refractivity contribution >= 4 is 27.8 Å². The lowest BCUT2D eigenvalue weighted by atomic mass is 10.1. The van der Waals surface area contributed by atoms with Crippen LogP contribution in [0.5, 0.6) is 0 Å². The molecule has 1 atom stereocenters. The average Bonchev–Trinajstić information content (AvgIpc) is 2.84. The van der Waals surface area contributed by atoms with E-state index >= 15 is 0 Å². The van der Waals surface area contributed by atoms with Crippen molar-refractivity contribution in [1.82, 2.24) is 9.88 Å². The summed E-state index contributed by atoms with van der Waals surface area (Å²) in [6.07, 6.45) is 1.81. The van der Waals surface area contributed by atoms with Crippen molar-refractivity contribution in [2.24, 2.45) is 0 Å². The first-order valence-electron chi connectivity index (χ1n) is 11.1. The number of hydrogen-bond donors (Lipinski definition) is 0. The lowest BCUT2D eigenvalue weighted by Crippen LogP contribution is -2.46. The Balaban J connectivity index is 1.45. The molecule has 0 spiro atoms. The summed E-state index contributed by atoms with van der Waals surface area (Å²) in [5.41, 5.74) is 4.52. The molecule has 0 amide bonds. The van der Waals surface area contributed by atoms with Gasteiger partial charge >= 0.3 is 0 Å². The zero-order chi connectivity index (χ0) is 21.9. The molecular weight excluding hydrogens is 414 g/mol. The zero-order valence-corrected chi connectivity index (χ0v) is 19.1. The fourth-order valence-electron chi connectivity index (χ4n) is 4.33. The second-order valence-electron chi connectivity index (χ2n) is 8.32. The van der Waals surface area contributed by atoms with Crippen molar-refractivity contribution in [3.63, 3.8) is 0 Å². The molecule has 1 aromatic heterocycles. The number of piperazine rings is 1. The van der Waals surface area contributed by atoms with Crippen LogP contribution >= 0.6 is 0 Å². The van der Waals surface area contributed by atoms with Crippen LogP contribution in [-0.4, -0.2) is 40.6 Å². The van der Waals surface area contributed by atoms with Crippen molar-refractivity contribution < 1.29 is 4.55 Å². The SMILES string of the molecule is Cc1ccc([S+]([O-])c2cnc3ccccc3c2N2CCN(Cc3ccccc3)CC2)cc1. The minimum absolute atomic E-state index is 0.795. The van der Waals surface area contributed by atoms with Crippen LogP contribution in [0, 0.1) is 6.92 Å². The van der Waals surface area contributed by atoms with Gasteiger partial charge < -0.3 is 9.45 Å². The Hall–Kier alpha value is -2.86. The number of fused-ring (bicyclic) bond motifs is 1. The topological polar surface area (TPSA) is 42.4 Å². The third-order valence-electron chi connectivity index (χ3n) is 6.09. The molecule has 1 fully saturated rings. The monoisotopic (exact) mass is 441 g/mol. The first-order valence-corrected chi connectivity index (χ1v) is 12.2. The van der Waals surface area contributed by atoms with Crippen LogP contribution in [0.3, 0.4) is 0 Å². The minimum atomic E-state index is -1.28. The highest BCUT2D eigenvalue weighted by molar-refractivity contribution is 7.91. The molecule has 5 rings (SSSR count). The van der Waals surface area contributed by atoms with Crippen LogP contribution in [0.2, 0.25) is 0 Å². The van der Waals surface area contributed by atoms with Crippen LogP contribution in [0.25, 0.3) is 10.9 Å². The fourth-order valence-corrected chi connectivity index (χ4v) is 5.53. The van der Waals surface area contributed by atoms with Crippen LogP contribution in [0.15, 0.2) is 94.9 Å². The molecule has 32 heavy (non-hydrogen) atoms. The third-order valence-corrected chi connectivity index (χ3v) is 7.48. The summed E-state index contributed by atoms with van der Waals surface area (Å²) in [7, 11) is 0. The fraction of sp³-hybridized carbons (Fsp3) is 0.222. The van der Waals surface area contributed by atoms with Crippen LogP contribution in [0.4, 0.5) is 5.69 Å². The maximum absolute atomic E-state index is 13.6. The second kappa shape index (κ2) is 9.33. The molecule has 0 saturated carbocycles. The smallest absolute Gasteiger partial charge is 0.200 e. The quantitative estimate of drug-likeness (QED) is 0.407. The van der Waals surface area contributed by atoms with Gasteiger partial charge in [0, 0.05) is 49.3 Å². The molecule has 5 heteroatoms. The number of pyridine rings is 1. The molecule has 4 nitrogen and oxygen atoms in total. The molecular formula is C27H27N3OS. The van der Waals surface area contributed by atoms with E-state index in [9.17, 15) is 4.55 Å². The number of aryl methyl sites for hydroxylation is 1. The summed E-state index contributed by atoms with van der Waals surface area (Å²) in [4.78, 5) is 11.1. The van der Waals surface area contributed by atoms with E-state index < -0.39 is 11.2 Å². The van der Waals surface area contributed by atoms with E-state index in [0.29, 0.717) is 0 Å². The molecule has 1 unspecified atom stereocenters. The van der Waals surface area contributed by atoms with E-state index in [4.69, 9.17) is 0 Å². The Morgan fingerprint density at radius 3 is 2.28 bits per heavy atom. The van der Waals surface area contributed by atoms with Gasteiger partial charge in [0.25, 0.3) is 0 Å². The van der Waals surface area contributed by atoms with Gasteiger partial charge in [-0.1, -0.05) is 66.2 Å². The Labute approximate surface area is 192 Å². The highest BCUT2D eigenvalue weighted by atomic mass is 32.2. The van der Waals surface area contributed by atoms with Gasteiger partial charge in [-0.25, -0.2) is 0 Å². The molecule has 2 heterocycles. The van der Waals surface area contributed by atoms with Crippen LogP contribution < -0.4 is 4.90 Å². The van der Waals surface area contributed by atoms with Gasteiger partial charge in [0.15, 0.2) is 4.90 Å². The maximum Gasteiger partial charge on any atom is 0.200 e. The first kappa shape index (κ1) is 21.0. The largest absolute Gasteiger partial charge is 0.606 e. The predicted molar refractivity (Wildman–Crippen MR) is 132 cm³/mol. The lowest BCUT2D eigenvalue weighted by Gasteiger charge is -2.37. The second-order valence-corrected chi connectivity index (χ2v) is 9.77. The molecule has 1 aliphatic heterocycles. The number of benzene rings is 3. The molecule has 0 aliphatic carbocycles. The van der Waals surface area contributed by atoms with Gasteiger partial charge in [-0.2, -0.15) is 0 Å². The van der Waals surface area contributed by atoms with E-state index in [2.05, 4.69) is 51.2 Å².